The van der Waals surface area contributed by atoms with Gasteiger partial charge in [-0.1, -0.05) is 60.7 Å². The Hall–Kier alpha value is -3.21. The second-order valence-electron chi connectivity index (χ2n) is 9.51. The Bertz CT molecular complexity index is 1100. The van der Waals surface area contributed by atoms with Gasteiger partial charge in [0.05, 0.1) is 29.1 Å². The van der Waals surface area contributed by atoms with Gasteiger partial charge in [-0.3, -0.25) is 4.79 Å². The molecule has 2 aromatic carbocycles. The maximum absolute atomic E-state index is 13.2. The summed E-state index contributed by atoms with van der Waals surface area (Å²) in [7, 11) is 0. The van der Waals surface area contributed by atoms with E-state index in [2.05, 4.69) is 36.4 Å². The Labute approximate surface area is 184 Å². The molecule has 0 aliphatic carbocycles. The summed E-state index contributed by atoms with van der Waals surface area (Å²) in [5, 5.41) is 16.9. The van der Waals surface area contributed by atoms with Gasteiger partial charge in [-0.25, -0.2) is 4.68 Å². The summed E-state index contributed by atoms with van der Waals surface area (Å²) in [5.41, 5.74) is 2.32. The minimum Gasteiger partial charge on any atom is -0.363 e. The maximum Gasteiger partial charge on any atom is 0.148 e. The zero-order valence-corrected chi connectivity index (χ0v) is 18.6. The predicted octanol–water partition coefficient (Wildman–Crippen LogP) is 5.48. The predicted molar refractivity (Wildman–Crippen MR) is 125 cm³/mol. The van der Waals surface area contributed by atoms with Crippen molar-refractivity contribution >= 4 is 17.3 Å². The molecule has 1 aromatic heterocycles. The van der Waals surface area contributed by atoms with Gasteiger partial charge in [-0.05, 0) is 45.2 Å². The van der Waals surface area contributed by atoms with E-state index in [1.165, 1.54) is 5.56 Å². The molecule has 2 N–H and O–H groups in total. The number of hydrogen-bond acceptors (Lipinski definition) is 4. The third kappa shape index (κ3) is 3.92. The lowest BCUT2D eigenvalue weighted by molar-refractivity contribution is -0.122. The Kier molecular flexibility index (Phi) is 5.29. The van der Waals surface area contributed by atoms with Gasteiger partial charge >= 0.3 is 0 Å². The third-order valence-corrected chi connectivity index (χ3v) is 6.41. The van der Waals surface area contributed by atoms with E-state index < -0.39 is 5.41 Å². The van der Waals surface area contributed by atoms with E-state index in [4.69, 9.17) is 5.41 Å². The van der Waals surface area contributed by atoms with Gasteiger partial charge in [0.2, 0.25) is 0 Å². The number of rotatable bonds is 6. The molecule has 1 aliphatic heterocycles. The SMILES string of the molecule is CC(C)(C(=O)CC(=N)c1cnn2c1NC(c1ccccc1)CC2(C)C)c1ccccc1. The van der Waals surface area contributed by atoms with Gasteiger partial charge < -0.3 is 10.7 Å². The van der Waals surface area contributed by atoms with E-state index in [-0.39, 0.29) is 23.8 Å². The molecule has 0 spiro atoms. The summed E-state index contributed by atoms with van der Waals surface area (Å²) in [6.45, 7) is 8.19. The van der Waals surface area contributed by atoms with Gasteiger partial charge in [0.1, 0.15) is 11.6 Å². The average Bonchev–Trinajstić information content (AvgIpc) is 3.20. The van der Waals surface area contributed by atoms with Crippen molar-refractivity contribution in [3.8, 4) is 0 Å². The van der Waals surface area contributed by atoms with Crippen LogP contribution in [0.2, 0.25) is 0 Å². The average molecular weight is 415 g/mol. The minimum atomic E-state index is -0.653. The number of hydrogen-bond donors (Lipinski definition) is 2. The van der Waals surface area contributed by atoms with E-state index >= 15 is 0 Å². The van der Waals surface area contributed by atoms with Crippen LogP contribution in [0.3, 0.4) is 0 Å². The number of Topliss-reactive ketones (excluding diaryl/α,β-unsaturated/α-hetero) is 1. The molecule has 4 rings (SSSR count). The monoisotopic (exact) mass is 414 g/mol. The van der Waals surface area contributed by atoms with Gasteiger partial charge in [-0.2, -0.15) is 5.10 Å². The second-order valence-corrected chi connectivity index (χ2v) is 9.51. The van der Waals surface area contributed by atoms with E-state index in [0.717, 1.165) is 17.8 Å². The molecule has 1 unspecified atom stereocenters. The molecule has 0 saturated carbocycles. The van der Waals surface area contributed by atoms with Crippen LogP contribution in [0.4, 0.5) is 5.82 Å². The van der Waals surface area contributed by atoms with E-state index in [9.17, 15) is 4.79 Å². The molecular formula is C26H30N4O. The van der Waals surface area contributed by atoms with Crippen molar-refractivity contribution in [1.82, 2.24) is 9.78 Å². The first-order valence-electron chi connectivity index (χ1n) is 10.8. The van der Waals surface area contributed by atoms with Crippen molar-refractivity contribution in [1.29, 1.82) is 5.41 Å². The van der Waals surface area contributed by atoms with Crippen molar-refractivity contribution in [3.63, 3.8) is 0 Å². The van der Waals surface area contributed by atoms with Gasteiger partial charge in [0, 0.05) is 11.8 Å². The van der Waals surface area contributed by atoms with Crippen LogP contribution in [-0.2, 0) is 15.7 Å². The first kappa shape index (κ1) is 21.0. The summed E-state index contributed by atoms with van der Waals surface area (Å²) in [6, 6.07) is 20.3. The molecule has 1 atom stereocenters. The Morgan fingerprint density at radius 3 is 2.39 bits per heavy atom. The highest BCUT2D eigenvalue weighted by Gasteiger charge is 2.37. The summed E-state index contributed by atoms with van der Waals surface area (Å²) in [4.78, 5) is 13.2. The lowest BCUT2D eigenvalue weighted by atomic mass is 9.78. The molecule has 1 aliphatic rings. The van der Waals surface area contributed by atoms with Gasteiger partial charge in [0.25, 0.3) is 0 Å². The summed E-state index contributed by atoms with van der Waals surface area (Å²) in [5.74, 6) is 0.846. The van der Waals surface area contributed by atoms with Crippen LogP contribution in [-0.4, -0.2) is 21.3 Å². The zero-order valence-electron chi connectivity index (χ0n) is 18.6. The smallest absolute Gasteiger partial charge is 0.148 e. The molecule has 0 radical (unpaired) electrons. The summed E-state index contributed by atoms with van der Waals surface area (Å²) in [6.07, 6.45) is 2.68. The molecule has 160 valence electrons. The highest BCUT2D eigenvalue weighted by molar-refractivity contribution is 6.14. The van der Waals surface area contributed by atoms with Crippen LogP contribution in [0.25, 0.3) is 0 Å². The summed E-state index contributed by atoms with van der Waals surface area (Å²) < 4.78 is 1.96. The Morgan fingerprint density at radius 1 is 1.13 bits per heavy atom. The number of anilines is 1. The number of aromatic nitrogens is 2. The van der Waals surface area contributed by atoms with Crippen LogP contribution in [0.15, 0.2) is 66.9 Å². The number of ketones is 1. The lowest BCUT2D eigenvalue weighted by Crippen LogP contribution is -2.38. The first-order valence-corrected chi connectivity index (χ1v) is 10.8. The van der Waals surface area contributed by atoms with Crippen molar-refractivity contribution in [3.05, 3.63) is 83.6 Å². The second kappa shape index (κ2) is 7.80. The van der Waals surface area contributed by atoms with Crippen LogP contribution < -0.4 is 5.32 Å². The quantitative estimate of drug-likeness (QED) is 0.525. The standard InChI is InChI=1S/C26H30N4O/c1-25(2)16-22(18-11-7-5-8-12-18)29-24-20(17-28-30(24)25)21(27)15-23(31)26(3,4)19-13-9-6-10-14-19/h5-14,17,22,27,29H,15-16H2,1-4H3. The number of nitrogens with one attached hydrogen (secondary N) is 2. The molecule has 2 heterocycles. The van der Waals surface area contributed by atoms with Crippen LogP contribution in [0, 0.1) is 5.41 Å². The molecule has 0 bridgehead atoms. The Balaban J connectivity index is 1.60. The minimum absolute atomic E-state index is 0.0262. The van der Waals surface area contributed by atoms with Crippen molar-refractivity contribution in [2.75, 3.05) is 5.32 Å². The molecule has 5 heteroatoms. The van der Waals surface area contributed by atoms with Crippen LogP contribution in [0.1, 0.15) is 63.3 Å². The molecule has 31 heavy (non-hydrogen) atoms. The molecule has 0 fully saturated rings. The maximum atomic E-state index is 13.2. The fourth-order valence-corrected chi connectivity index (χ4v) is 4.35. The largest absolute Gasteiger partial charge is 0.363 e. The fourth-order valence-electron chi connectivity index (χ4n) is 4.35. The highest BCUT2D eigenvalue weighted by atomic mass is 16.1. The number of benzene rings is 2. The van der Waals surface area contributed by atoms with E-state index in [0.29, 0.717) is 11.3 Å². The lowest BCUT2D eigenvalue weighted by Gasteiger charge is -2.38. The highest BCUT2D eigenvalue weighted by Crippen LogP contribution is 2.40. The van der Waals surface area contributed by atoms with Crippen LogP contribution >= 0.6 is 0 Å². The van der Waals surface area contributed by atoms with Crippen molar-refractivity contribution < 1.29 is 4.79 Å². The van der Waals surface area contributed by atoms with E-state index in [1.54, 1.807) is 6.20 Å². The van der Waals surface area contributed by atoms with Crippen LogP contribution in [0.5, 0.6) is 0 Å². The zero-order chi connectivity index (χ0) is 22.2. The van der Waals surface area contributed by atoms with Gasteiger partial charge in [0.15, 0.2) is 0 Å². The molecule has 3 aromatic rings. The Morgan fingerprint density at radius 2 is 1.74 bits per heavy atom. The molecular weight excluding hydrogens is 384 g/mol. The number of fused-ring (bicyclic) bond motifs is 1. The summed E-state index contributed by atoms with van der Waals surface area (Å²) >= 11 is 0. The van der Waals surface area contributed by atoms with E-state index in [1.807, 2.05) is 67.1 Å². The third-order valence-electron chi connectivity index (χ3n) is 6.41. The van der Waals surface area contributed by atoms with Crippen molar-refractivity contribution in [2.24, 2.45) is 0 Å². The molecule has 5 nitrogen and oxygen atoms in total. The van der Waals surface area contributed by atoms with Crippen molar-refractivity contribution in [2.45, 2.75) is 57.5 Å². The number of carbonyl (C=O) groups is 1. The topological polar surface area (TPSA) is 70.8 Å². The fraction of sp³-hybridized carbons (Fsp3) is 0.346. The molecule has 0 saturated heterocycles. The molecule has 0 amide bonds. The normalized spacial score (nSPS) is 17.5. The first-order chi connectivity index (χ1) is 14.7. The number of nitrogens with zero attached hydrogens (tertiary/aromatic N) is 2. The van der Waals surface area contributed by atoms with Gasteiger partial charge in [-0.15, -0.1) is 0 Å². The number of carbonyl (C=O) groups excluding carboxylic acids is 1.